The molecule has 0 aliphatic carbocycles. The fourth-order valence-electron chi connectivity index (χ4n) is 2.27. The van der Waals surface area contributed by atoms with E-state index in [2.05, 4.69) is 0 Å². The van der Waals surface area contributed by atoms with Crippen LogP contribution in [0.4, 0.5) is 0 Å². The van der Waals surface area contributed by atoms with Crippen LogP contribution in [0.2, 0.25) is 0 Å². The van der Waals surface area contributed by atoms with Gasteiger partial charge in [0.15, 0.2) is 0 Å². The van der Waals surface area contributed by atoms with Gasteiger partial charge in [0, 0.05) is 32.2 Å². The van der Waals surface area contributed by atoms with E-state index in [9.17, 15) is 8.42 Å². The summed E-state index contributed by atoms with van der Waals surface area (Å²) in [5.74, 6) is 0. The lowest BCUT2D eigenvalue weighted by atomic mass is 10.1. The van der Waals surface area contributed by atoms with Gasteiger partial charge >= 0.3 is 0 Å². The van der Waals surface area contributed by atoms with Crippen LogP contribution in [0, 0.1) is 0 Å². The van der Waals surface area contributed by atoms with Gasteiger partial charge in [-0.15, -0.1) is 12.4 Å². The lowest BCUT2D eigenvalue weighted by Crippen LogP contribution is -2.50. The zero-order valence-corrected chi connectivity index (χ0v) is 11.0. The highest BCUT2D eigenvalue weighted by Crippen LogP contribution is 2.19. The summed E-state index contributed by atoms with van der Waals surface area (Å²) in [6.45, 7) is 2.47. The van der Waals surface area contributed by atoms with Crippen LogP contribution < -0.4 is 5.73 Å². The third-order valence-corrected chi connectivity index (χ3v) is 5.14. The third kappa shape index (κ3) is 2.87. The van der Waals surface area contributed by atoms with E-state index in [1.54, 1.807) is 8.61 Å². The average molecular weight is 270 g/mol. The molecule has 2 rings (SSSR count). The van der Waals surface area contributed by atoms with E-state index < -0.39 is 10.2 Å². The monoisotopic (exact) mass is 269 g/mol. The highest BCUT2D eigenvalue weighted by Gasteiger charge is 2.33. The Balaban J connectivity index is 0.00000128. The summed E-state index contributed by atoms with van der Waals surface area (Å²) in [7, 11) is -3.21. The van der Waals surface area contributed by atoms with Gasteiger partial charge < -0.3 is 5.73 Å². The first kappa shape index (κ1) is 14.2. The van der Waals surface area contributed by atoms with Crippen molar-refractivity contribution in [3.05, 3.63) is 0 Å². The molecule has 2 saturated heterocycles. The molecule has 2 aliphatic rings. The van der Waals surface area contributed by atoms with Gasteiger partial charge in [0.25, 0.3) is 10.2 Å². The summed E-state index contributed by atoms with van der Waals surface area (Å²) in [5.41, 5.74) is 5.80. The van der Waals surface area contributed by atoms with Crippen molar-refractivity contribution in [2.75, 3.05) is 26.2 Å². The van der Waals surface area contributed by atoms with Crippen molar-refractivity contribution < 1.29 is 8.42 Å². The van der Waals surface area contributed by atoms with Crippen LogP contribution in [-0.4, -0.2) is 49.2 Å². The number of nitrogens with two attached hydrogens (primary N) is 1. The first-order valence-corrected chi connectivity index (χ1v) is 7.01. The smallest absolute Gasteiger partial charge is 0.282 e. The Morgan fingerprint density at radius 1 is 1.00 bits per heavy atom. The molecule has 0 aromatic rings. The topological polar surface area (TPSA) is 66.6 Å². The maximum Gasteiger partial charge on any atom is 0.282 e. The van der Waals surface area contributed by atoms with Crippen molar-refractivity contribution in [3.8, 4) is 0 Å². The van der Waals surface area contributed by atoms with Crippen LogP contribution in [0.3, 0.4) is 0 Å². The minimum Gasteiger partial charge on any atom is -0.327 e. The Kier molecular flexibility index (Phi) is 5.00. The van der Waals surface area contributed by atoms with Crippen molar-refractivity contribution in [1.29, 1.82) is 0 Å². The van der Waals surface area contributed by atoms with Crippen LogP contribution in [0.5, 0.6) is 0 Å². The predicted molar refractivity (Wildman–Crippen MR) is 65.8 cm³/mol. The summed E-state index contributed by atoms with van der Waals surface area (Å²) in [6, 6.07) is 0.0103. The lowest BCUT2D eigenvalue weighted by molar-refractivity contribution is 0.293. The van der Waals surface area contributed by atoms with E-state index in [4.69, 9.17) is 5.73 Å². The first-order chi connectivity index (χ1) is 7.10. The summed E-state index contributed by atoms with van der Waals surface area (Å²) in [4.78, 5) is 0. The Bertz CT molecular complexity index is 317. The summed E-state index contributed by atoms with van der Waals surface area (Å²) < 4.78 is 27.4. The van der Waals surface area contributed by atoms with Crippen LogP contribution in [0.15, 0.2) is 0 Å². The Labute approximate surface area is 104 Å². The molecule has 0 radical (unpaired) electrons. The molecular weight excluding hydrogens is 250 g/mol. The number of halogens is 1. The van der Waals surface area contributed by atoms with Gasteiger partial charge in [0.05, 0.1) is 0 Å². The molecular formula is C9H20ClN3O2S. The van der Waals surface area contributed by atoms with Crippen LogP contribution in [-0.2, 0) is 10.2 Å². The largest absolute Gasteiger partial charge is 0.327 e. The van der Waals surface area contributed by atoms with Crippen LogP contribution in [0.1, 0.15) is 25.7 Å². The van der Waals surface area contributed by atoms with Gasteiger partial charge in [0.2, 0.25) is 0 Å². The molecule has 96 valence electrons. The van der Waals surface area contributed by atoms with Crippen molar-refractivity contribution in [2.45, 2.75) is 31.7 Å². The van der Waals surface area contributed by atoms with Gasteiger partial charge in [-0.3, -0.25) is 0 Å². The van der Waals surface area contributed by atoms with E-state index in [1.807, 2.05) is 0 Å². The highest BCUT2D eigenvalue weighted by molar-refractivity contribution is 7.86. The molecule has 7 heteroatoms. The quantitative estimate of drug-likeness (QED) is 0.777. The second-order valence-electron chi connectivity index (χ2n) is 4.37. The molecule has 0 spiro atoms. The molecule has 2 aliphatic heterocycles. The molecule has 2 heterocycles. The standard InChI is InChI=1S/C9H19N3O2S.ClH/c10-9-4-3-7-12(8-9)15(13,14)11-5-1-2-6-11;/h9H,1-8,10H2;1H/t9-;/m0./s1. The van der Waals surface area contributed by atoms with Crippen molar-refractivity contribution in [2.24, 2.45) is 5.73 Å². The van der Waals surface area contributed by atoms with Gasteiger partial charge in [-0.1, -0.05) is 0 Å². The first-order valence-electron chi connectivity index (χ1n) is 5.61. The molecule has 2 fully saturated rings. The van der Waals surface area contributed by atoms with E-state index in [0.29, 0.717) is 26.2 Å². The molecule has 16 heavy (non-hydrogen) atoms. The zero-order valence-electron chi connectivity index (χ0n) is 9.34. The van der Waals surface area contributed by atoms with E-state index in [1.165, 1.54) is 0 Å². The van der Waals surface area contributed by atoms with E-state index >= 15 is 0 Å². The number of hydrogen-bond donors (Lipinski definition) is 1. The van der Waals surface area contributed by atoms with Gasteiger partial charge in [-0.05, 0) is 25.7 Å². The van der Waals surface area contributed by atoms with Crippen molar-refractivity contribution >= 4 is 22.6 Å². The van der Waals surface area contributed by atoms with Gasteiger partial charge in [-0.2, -0.15) is 17.0 Å². The Hall–Kier alpha value is 0.120. The van der Waals surface area contributed by atoms with E-state index in [-0.39, 0.29) is 18.4 Å². The molecule has 0 saturated carbocycles. The summed E-state index contributed by atoms with van der Waals surface area (Å²) in [6.07, 6.45) is 3.79. The fraction of sp³-hybridized carbons (Fsp3) is 1.00. The normalized spacial score (nSPS) is 28.9. The second-order valence-corrected chi connectivity index (χ2v) is 6.30. The van der Waals surface area contributed by atoms with E-state index in [0.717, 1.165) is 25.7 Å². The molecule has 0 aromatic carbocycles. The highest BCUT2D eigenvalue weighted by atomic mass is 35.5. The molecule has 0 amide bonds. The molecule has 0 bridgehead atoms. The number of piperidine rings is 1. The molecule has 0 aromatic heterocycles. The summed E-state index contributed by atoms with van der Waals surface area (Å²) >= 11 is 0. The molecule has 1 atom stereocenters. The Morgan fingerprint density at radius 2 is 1.56 bits per heavy atom. The maximum atomic E-state index is 12.1. The fourth-order valence-corrected chi connectivity index (χ4v) is 4.05. The number of nitrogens with zero attached hydrogens (tertiary/aromatic N) is 2. The average Bonchev–Trinajstić information content (AvgIpc) is 2.71. The molecule has 2 N–H and O–H groups in total. The van der Waals surface area contributed by atoms with Crippen LogP contribution in [0.25, 0.3) is 0 Å². The van der Waals surface area contributed by atoms with Crippen molar-refractivity contribution in [1.82, 2.24) is 8.61 Å². The number of hydrogen-bond acceptors (Lipinski definition) is 3. The number of rotatable bonds is 2. The minimum absolute atomic E-state index is 0. The van der Waals surface area contributed by atoms with Gasteiger partial charge in [0.1, 0.15) is 0 Å². The molecule has 0 unspecified atom stereocenters. The van der Waals surface area contributed by atoms with Crippen LogP contribution >= 0.6 is 12.4 Å². The lowest BCUT2D eigenvalue weighted by Gasteiger charge is -2.32. The predicted octanol–water partition coefficient (Wildman–Crippen LogP) is 0.172. The zero-order chi connectivity index (χ0) is 10.9. The van der Waals surface area contributed by atoms with Gasteiger partial charge in [-0.25, -0.2) is 0 Å². The van der Waals surface area contributed by atoms with Crippen molar-refractivity contribution in [3.63, 3.8) is 0 Å². The molecule has 5 nitrogen and oxygen atoms in total. The SMILES string of the molecule is Cl.N[C@H]1CCCN(S(=O)(=O)N2CCCC2)C1. The minimum atomic E-state index is -3.21. The maximum absolute atomic E-state index is 12.1. The third-order valence-electron chi connectivity index (χ3n) is 3.14. The second kappa shape index (κ2) is 5.64. The Morgan fingerprint density at radius 3 is 2.12 bits per heavy atom. The summed E-state index contributed by atoms with van der Waals surface area (Å²) in [5, 5.41) is 0.